The summed E-state index contributed by atoms with van der Waals surface area (Å²) in [5.41, 5.74) is 2.15. The van der Waals surface area contributed by atoms with Gasteiger partial charge in [-0.25, -0.2) is 4.98 Å². The van der Waals surface area contributed by atoms with Gasteiger partial charge in [-0.15, -0.1) is 0 Å². The van der Waals surface area contributed by atoms with E-state index in [0.29, 0.717) is 12.5 Å². The Morgan fingerprint density at radius 3 is 2.40 bits per heavy atom. The average molecular weight is 339 g/mol. The first-order chi connectivity index (χ1) is 12.3. The van der Waals surface area contributed by atoms with Gasteiger partial charge in [-0.2, -0.15) is 0 Å². The number of rotatable bonds is 3. The summed E-state index contributed by atoms with van der Waals surface area (Å²) in [4.78, 5) is 20.0. The largest absolute Gasteiger partial charge is 0.341 e. The number of hydrogen-bond donors (Lipinski definition) is 0. The van der Waals surface area contributed by atoms with Gasteiger partial charge in [0.05, 0.1) is 11.0 Å². The Kier molecular flexibility index (Phi) is 5.04. The van der Waals surface area contributed by atoms with Crippen LogP contribution in [0.5, 0.6) is 0 Å². The number of benzene rings is 1. The number of aromatic nitrogens is 2. The second kappa shape index (κ2) is 7.59. The molecule has 0 spiro atoms. The topological polar surface area (TPSA) is 38.1 Å². The van der Waals surface area contributed by atoms with Gasteiger partial charge in [0.2, 0.25) is 5.91 Å². The lowest BCUT2D eigenvalue weighted by molar-refractivity contribution is -0.131. The molecule has 1 aliphatic heterocycles. The molecule has 0 radical (unpaired) electrons. The van der Waals surface area contributed by atoms with Crippen LogP contribution in [0.2, 0.25) is 0 Å². The fourth-order valence-electron chi connectivity index (χ4n) is 4.49. The summed E-state index contributed by atoms with van der Waals surface area (Å²) >= 11 is 0. The van der Waals surface area contributed by atoms with E-state index in [9.17, 15) is 4.79 Å². The lowest BCUT2D eigenvalue weighted by Gasteiger charge is -2.24. The summed E-state index contributed by atoms with van der Waals surface area (Å²) in [5, 5.41) is 0. The van der Waals surface area contributed by atoms with E-state index in [4.69, 9.17) is 4.98 Å². The van der Waals surface area contributed by atoms with Crippen molar-refractivity contribution in [2.75, 3.05) is 13.1 Å². The Morgan fingerprint density at radius 2 is 1.64 bits per heavy atom. The van der Waals surface area contributed by atoms with Gasteiger partial charge in [0.15, 0.2) is 0 Å². The average Bonchev–Trinajstić information content (AvgIpc) is 2.83. The Morgan fingerprint density at radius 1 is 0.960 bits per heavy atom. The molecular formula is C21H29N3O. The molecule has 1 aliphatic carbocycles. The zero-order valence-corrected chi connectivity index (χ0v) is 15.1. The molecule has 2 aliphatic rings. The first-order valence-corrected chi connectivity index (χ1v) is 10.1. The van der Waals surface area contributed by atoms with E-state index in [0.717, 1.165) is 42.8 Å². The van der Waals surface area contributed by atoms with Crippen LogP contribution < -0.4 is 0 Å². The van der Waals surface area contributed by atoms with Gasteiger partial charge in [0, 0.05) is 19.0 Å². The maximum Gasteiger partial charge on any atom is 0.242 e. The molecule has 1 saturated heterocycles. The minimum atomic E-state index is 0.266. The van der Waals surface area contributed by atoms with Crippen molar-refractivity contribution < 1.29 is 4.79 Å². The van der Waals surface area contributed by atoms with Crippen molar-refractivity contribution in [1.82, 2.24) is 14.5 Å². The maximum absolute atomic E-state index is 13.0. The van der Waals surface area contributed by atoms with Gasteiger partial charge < -0.3 is 9.47 Å². The number of carbonyl (C=O) groups is 1. The van der Waals surface area contributed by atoms with Crippen LogP contribution in [-0.4, -0.2) is 33.4 Å². The summed E-state index contributed by atoms with van der Waals surface area (Å²) in [6, 6.07) is 8.29. The molecule has 134 valence electrons. The minimum Gasteiger partial charge on any atom is -0.341 e. The predicted octanol–water partition coefficient (Wildman–Crippen LogP) is 4.49. The normalized spacial score (nSPS) is 19.9. The number of likely N-dealkylation sites (tertiary alicyclic amines) is 1. The van der Waals surface area contributed by atoms with E-state index in [1.807, 2.05) is 6.07 Å². The van der Waals surface area contributed by atoms with Crippen LogP contribution in [-0.2, 0) is 11.3 Å². The fourth-order valence-corrected chi connectivity index (χ4v) is 4.49. The van der Waals surface area contributed by atoms with Crippen molar-refractivity contribution in [1.29, 1.82) is 0 Å². The molecule has 0 atom stereocenters. The molecule has 4 rings (SSSR count). The quantitative estimate of drug-likeness (QED) is 0.826. The standard InChI is InChI=1S/C21H29N3O/c25-20(23-14-8-1-2-9-15-23)16-24-19-13-7-6-12-18(19)22-21(24)17-10-4-3-5-11-17/h6-7,12-13,17H,1-5,8-11,14-16H2. The molecule has 0 N–H and O–H groups in total. The van der Waals surface area contributed by atoms with Gasteiger partial charge in [-0.1, -0.05) is 44.2 Å². The van der Waals surface area contributed by atoms with Crippen LogP contribution in [0.1, 0.15) is 69.5 Å². The number of hydrogen-bond acceptors (Lipinski definition) is 2. The SMILES string of the molecule is O=C(Cn1c(C2CCCCC2)nc2ccccc21)N1CCCCCC1. The number of fused-ring (bicyclic) bond motifs is 1. The van der Waals surface area contributed by atoms with Crippen molar-refractivity contribution in [3.05, 3.63) is 30.1 Å². The Labute approximate surface area is 150 Å². The van der Waals surface area contributed by atoms with E-state index in [1.54, 1.807) is 0 Å². The first kappa shape index (κ1) is 16.6. The monoisotopic (exact) mass is 339 g/mol. The lowest BCUT2D eigenvalue weighted by atomic mass is 9.88. The van der Waals surface area contributed by atoms with Crippen LogP contribution in [0.15, 0.2) is 24.3 Å². The van der Waals surface area contributed by atoms with Crippen molar-refractivity contribution >= 4 is 16.9 Å². The molecule has 2 aromatic rings. The second-order valence-corrected chi connectivity index (χ2v) is 7.67. The van der Waals surface area contributed by atoms with Crippen LogP contribution in [0.3, 0.4) is 0 Å². The number of imidazole rings is 1. The molecule has 0 unspecified atom stereocenters. The van der Waals surface area contributed by atoms with Crippen LogP contribution in [0, 0.1) is 0 Å². The van der Waals surface area contributed by atoms with Gasteiger partial charge >= 0.3 is 0 Å². The summed E-state index contributed by atoms with van der Waals surface area (Å²) < 4.78 is 2.22. The molecule has 4 heteroatoms. The molecule has 25 heavy (non-hydrogen) atoms. The Bertz CT molecular complexity index is 722. The fraction of sp³-hybridized carbons (Fsp3) is 0.619. The lowest BCUT2D eigenvalue weighted by Crippen LogP contribution is -2.35. The third kappa shape index (κ3) is 3.58. The van der Waals surface area contributed by atoms with Crippen molar-refractivity contribution in [2.45, 2.75) is 70.3 Å². The van der Waals surface area contributed by atoms with Crippen molar-refractivity contribution in [3.8, 4) is 0 Å². The maximum atomic E-state index is 13.0. The van der Waals surface area contributed by atoms with E-state index in [-0.39, 0.29) is 5.91 Å². The number of amides is 1. The van der Waals surface area contributed by atoms with Crippen LogP contribution in [0.4, 0.5) is 0 Å². The molecule has 2 fully saturated rings. The van der Waals surface area contributed by atoms with Crippen LogP contribution >= 0.6 is 0 Å². The second-order valence-electron chi connectivity index (χ2n) is 7.67. The van der Waals surface area contributed by atoms with E-state index < -0.39 is 0 Å². The van der Waals surface area contributed by atoms with Crippen LogP contribution in [0.25, 0.3) is 11.0 Å². The highest BCUT2D eigenvalue weighted by Gasteiger charge is 2.25. The molecule has 1 amide bonds. The van der Waals surface area contributed by atoms with Gasteiger partial charge in [0.25, 0.3) is 0 Å². The highest BCUT2D eigenvalue weighted by atomic mass is 16.2. The number of carbonyl (C=O) groups excluding carboxylic acids is 1. The highest BCUT2D eigenvalue weighted by Crippen LogP contribution is 2.34. The molecule has 0 bridgehead atoms. The van der Waals surface area contributed by atoms with E-state index in [2.05, 4.69) is 27.7 Å². The number of nitrogens with zero attached hydrogens (tertiary/aromatic N) is 3. The predicted molar refractivity (Wildman–Crippen MR) is 101 cm³/mol. The van der Waals surface area contributed by atoms with Gasteiger partial charge in [0.1, 0.15) is 12.4 Å². The molecule has 4 nitrogen and oxygen atoms in total. The third-order valence-electron chi connectivity index (χ3n) is 5.91. The number of para-hydroxylation sites is 2. The Balaban J connectivity index is 1.63. The molecule has 1 saturated carbocycles. The van der Waals surface area contributed by atoms with Gasteiger partial charge in [-0.05, 0) is 37.8 Å². The summed E-state index contributed by atoms with van der Waals surface area (Å²) in [5.74, 6) is 1.92. The highest BCUT2D eigenvalue weighted by molar-refractivity contribution is 5.81. The molecular weight excluding hydrogens is 310 g/mol. The first-order valence-electron chi connectivity index (χ1n) is 10.1. The van der Waals surface area contributed by atoms with E-state index >= 15 is 0 Å². The molecule has 1 aromatic heterocycles. The summed E-state index contributed by atoms with van der Waals surface area (Å²) in [7, 11) is 0. The van der Waals surface area contributed by atoms with Gasteiger partial charge in [-0.3, -0.25) is 4.79 Å². The zero-order valence-electron chi connectivity index (χ0n) is 15.1. The molecule has 1 aromatic carbocycles. The molecule has 2 heterocycles. The zero-order chi connectivity index (χ0) is 17.1. The third-order valence-corrected chi connectivity index (χ3v) is 5.91. The smallest absolute Gasteiger partial charge is 0.242 e. The summed E-state index contributed by atoms with van der Waals surface area (Å²) in [6.07, 6.45) is 11.1. The van der Waals surface area contributed by atoms with Crippen molar-refractivity contribution in [2.24, 2.45) is 0 Å². The summed E-state index contributed by atoms with van der Waals surface area (Å²) in [6.45, 7) is 2.29. The van der Waals surface area contributed by atoms with E-state index in [1.165, 1.54) is 44.9 Å². The van der Waals surface area contributed by atoms with Crippen molar-refractivity contribution in [3.63, 3.8) is 0 Å². The minimum absolute atomic E-state index is 0.266. The Hall–Kier alpha value is -1.84.